The van der Waals surface area contributed by atoms with Gasteiger partial charge in [0.25, 0.3) is 0 Å². The minimum atomic E-state index is -1.14. The number of ketones is 2. The second-order valence-corrected chi connectivity index (χ2v) is 11.0. The highest BCUT2D eigenvalue weighted by Gasteiger charge is 2.76. The molecule has 32 heavy (non-hydrogen) atoms. The molecule has 7 heteroatoms. The van der Waals surface area contributed by atoms with E-state index in [1.54, 1.807) is 19.1 Å². The van der Waals surface area contributed by atoms with Gasteiger partial charge in [-0.1, -0.05) is 31.6 Å². The lowest BCUT2D eigenvalue weighted by Gasteiger charge is -2.70. The fraction of sp³-hybridized carbons (Fsp3) is 0.640. The van der Waals surface area contributed by atoms with Crippen LogP contribution in [0.3, 0.4) is 0 Å². The number of hydrogen-bond donors (Lipinski definition) is 4. The molecule has 0 aromatic heterocycles. The van der Waals surface area contributed by atoms with Gasteiger partial charge in [0.1, 0.15) is 5.78 Å². The molecule has 6 atom stereocenters. The van der Waals surface area contributed by atoms with Crippen LogP contribution in [0.1, 0.15) is 66.2 Å². The zero-order valence-electron chi connectivity index (χ0n) is 19.5. The minimum Gasteiger partial charge on any atom is -0.481 e. The first-order valence-corrected chi connectivity index (χ1v) is 11.4. The Bertz CT molecular complexity index is 1030. The van der Waals surface area contributed by atoms with Crippen molar-refractivity contribution in [2.24, 2.45) is 33.9 Å². The van der Waals surface area contributed by atoms with Crippen molar-refractivity contribution >= 4 is 17.5 Å². The number of carbonyl (C=O) groups is 3. The van der Waals surface area contributed by atoms with Crippen molar-refractivity contribution in [1.82, 2.24) is 0 Å². The molecule has 0 unspecified atom stereocenters. The molecular weight excluding hydrogens is 406 g/mol. The van der Waals surface area contributed by atoms with Crippen molar-refractivity contribution in [2.45, 2.75) is 82.8 Å². The van der Waals surface area contributed by atoms with Crippen LogP contribution in [0.25, 0.3) is 0 Å². The summed E-state index contributed by atoms with van der Waals surface area (Å²) in [4.78, 5) is 36.4. The second-order valence-electron chi connectivity index (χ2n) is 11.0. The second kappa shape index (κ2) is 6.72. The Hall–Kier alpha value is -2.09. The van der Waals surface area contributed by atoms with E-state index in [9.17, 15) is 19.5 Å². The monoisotopic (exact) mass is 441 g/mol. The van der Waals surface area contributed by atoms with Crippen LogP contribution in [0.5, 0.6) is 0 Å². The minimum absolute atomic E-state index is 0.0313. The molecule has 0 spiro atoms. The Morgan fingerprint density at radius 3 is 2.41 bits per heavy atom. The molecule has 0 aliphatic heterocycles. The topological polar surface area (TPSA) is 150 Å². The molecule has 174 valence electrons. The van der Waals surface area contributed by atoms with E-state index in [-0.39, 0.29) is 18.0 Å². The number of nitrogens with two attached hydrogens (primary N) is 3. The fourth-order valence-corrected chi connectivity index (χ4v) is 7.78. The van der Waals surface area contributed by atoms with Gasteiger partial charge in [0.2, 0.25) is 0 Å². The summed E-state index contributed by atoms with van der Waals surface area (Å²) in [6.07, 6.45) is 7.60. The molecule has 4 rings (SSSR count). The molecule has 2 fully saturated rings. The predicted octanol–water partition coefficient (Wildman–Crippen LogP) is 2.14. The Labute approximate surface area is 189 Å². The van der Waals surface area contributed by atoms with E-state index < -0.39 is 39.3 Å². The van der Waals surface area contributed by atoms with E-state index in [4.69, 9.17) is 17.2 Å². The first-order chi connectivity index (χ1) is 14.7. The van der Waals surface area contributed by atoms with Gasteiger partial charge < -0.3 is 22.3 Å². The quantitative estimate of drug-likeness (QED) is 0.490. The summed E-state index contributed by atoms with van der Waals surface area (Å²) >= 11 is 0. The summed E-state index contributed by atoms with van der Waals surface area (Å²) in [6, 6.07) is 0. The van der Waals surface area contributed by atoms with Gasteiger partial charge in [0.05, 0.1) is 12.0 Å². The number of hydrogen-bond acceptors (Lipinski definition) is 6. The SMILES string of the molecule is CC(=O)[C@H]1/C(=C\CC(=O)O)C[C@@]2(N)[C@]3(N)C=C(C)C4=CC(=O)CC[C@]4(C)[C@@]3(N)CC[C@]12C. The van der Waals surface area contributed by atoms with Gasteiger partial charge in [-0.15, -0.1) is 0 Å². The van der Waals surface area contributed by atoms with Gasteiger partial charge in [0.15, 0.2) is 5.78 Å². The number of aliphatic carboxylic acids is 1. The van der Waals surface area contributed by atoms with E-state index in [1.165, 1.54) is 0 Å². The maximum absolute atomic E-state index is 12.9. The van der Waals surface area contributed by atoms with Gasteiger partial charge in [-0.25, -0.2) is 0 Å². The third-order valence-corrected chi connectivity index (χ3v) is 9.60. The Balaban J connectivity index is 1.96. The van der Waals surface area contributed by atoms with Crippen LogP contribution in [-0.4, -0.2) is 39.3 Å². The molecule has 2 saturated carbocycles. The summed E-state index contributed by atoms with van der Waals surface area (Å²) in [5.74, 6) is -1.39. The molecule has 0 amide bonds. The van der Waals surface area contributed by atoms with Crippen molar-refractivity contribution < 1.29 is 19.5 Å². The lowest BCUT2D eigenvalue weighted by molar-refractivity contribution is -0.136. The summed E-state index contributed by atoms with van der Waals surface area (Å²) < 4.78 is 0. The molecule has 0 aromatic carbocycles. The predicted molar refractivity (Wildman–Crippen MR) is 121 cm³/mol. The summed E-state index contributed by atoms with van der Waals surface area (Å²) in [6.45, 7) is 7.59. The van der Waals surface area contributed by atoms with Crippen molar-refractivity contribution in [1.29, 1.82) is 0 Å². The van der Waals surface area contributed by atoms with E-state index in [0.29, 0.717) is 32.1 Å². The Morgan fingerprint density at radius 2 is 1.81 bits per heavy atom. The molecule has 0 bridgehead atoms. The molecule has 4 aliphatic carbocycles. The van der Waals surface area contributed by atoms with E-state index in [1.807, 2.05) is 19.9 Å². The smallest absolute Gasteiger partial charge is 0.307 e. The number of fused-ring (bicyclic) bond motifs is 5. The molecule has 7 nitrogen and oxygen atoms in total. The average Bonchev–Trinajstić information content (AvgIpc) is 2.93. The molecule has 0 heterocycles. The van der Waals surface area contributed by atoms with Crippen molar-refractivity contribution in [3.05, 3.63) is 34.9 Å². The highest BCUT2D eigenvalue weighted by atomic mass is 16.4. The average molecular weight is 442 g/mol. The van der Waals surface area contributed by atoms with Gasteiger partial charge in [0, 0.05) is 34.2 Å². The largest absolute Gasteiger partial charge is 0.481 e. The van der Waals surface area contributed by atoms with Crippen LogP contribution in [0.2, 0.25) is 0 Å². The van der Waals surface area contributed by atoms with Crippen LogP contribution in [0, 0.1) is 16.7 Å². The molecular formula is C25H35N3O4. The van der Waals surface area contributed by atoms with Crippen molar-refractivity contribution in [2.75, 3.05) is 0 Å². The van der Waals surface area contributed by atoms with Crippen LogP contribution < -0.4 is 17.2 Å². The first kappa shape index (κ1) is 23.1. The normalized spacial score (nSPS) is 46.7. The molecule has 0 saturated heterocycles. The highest BCUT2D eigenvalue weighted by molar-refractivity contribution is 5.93. The van der Waals surface area contributed by atoms with Crippen LogP contribution in [-0.2, 0) is 14.4 Å². The molecule has 0 aromatic rings. The maximum atomic E-state index is 12.9. The molecule has 7 N–H and O–H groups in total. The number of rotatable bonds is 3. The zero-order valence-corrected chi connectivity index (χ0v) is 19.5. The van der Waals surface area contributed by atoms with Crippen LogP contribution in [0.4, 0.5) is 0 Å². The van der Waals surface area contributed by atoms with E-state index in [0.717, 1.165) is 16.7 Å². The zero-order chi connectivity index (χ0) is 23.9. The lowest BCUT2D eigenvalue weighted by atomic mass is 9.39. The number of carboxylic acids is 1. The summed E-state index contributed by atoms with van der Waals surface area (Å²) in [5, 5.41) is 9.24. The first-order valence-electron chi connectivity index (χ1n) is 11.4. The standard InChI is InChI=1S/C25H35N3O4/c1-14-12-25(28)23(26,21(3)8-7-17(30)11-18(14)21)10-9-22(4)20(15(2)29)16(5-6-19(31)32)13-24(22,25)27/h5,11-12,20H,6-10,13,26-28H2,1-4H3,(H,31,32)/b16-5-/t20-,21-,22+,23-,24-,25-/m0/s1. The van der Waals surface area contributed by atoms with Gasteiger partial charge in [-0.05, 0) is 56.8 Å². The third kappa shape index (κ3) is 2.50. The molecule has 0 radical (unpaired) electrons. The number of allylic oxidation sites excluding steroid dienone is 2. The van der Waals surface area contributed by atoms with Gasteiger partial charge in [-0.2, -0.15) is 0 Å². The highest BCUT2D eigenvalue weighted by Crippen LogP contribution is 2.69. The van der Waals surface area contributed by atoms with E-state index >= 15 is 0 Å². The van der Waals surface area contributed by atoms with Crippen LogP contribution >= 0.6 is 0 Å². The lowest BCUT2D eigenvalue weighted by Crippen LogP contribution is -2.88. The van der Waals surface area contributed by atoms with Gasteiger partial charge in [-0.3, -0.25) is 14.4 Å². The summed E-state index contributed by atoms with van der Waals surface area (Å²) in [5.41, 5.74) is 20.2. The summed E-state index contributed by atoms with van der Waals surface area (Å²) in [7, 11) is 0. The number of carboxylic acid groups (broad SMARTS) is 1. The Morgan fingerprint density at radius 1 is 1.16 bits per heavy atom. The van der Waals surface area contributed by atoms with Crippen LogP contribution in [0.15, 0.2) is 34.9 Å². The van der Waals surface area contributed by atoms with Gasteiger partial charge >= 0.3 is 5.97 Å². The van der Waals surface area contributed by atoms with Crippen molar-refractivity contribution in [3.63, 3.8) is 0 Å². The van der Waals surface area contributed by atoms with E-state index in [2.05, 4.69) is 6.92 Å². The maximum Gasteiger partial charge on any atom is 0.307 e. The third-order valence-electron chi connectivity index (χ3n) is 9.60. The fourth-order valence-electron chi connectivity index (χ4n) is 7.78. The molecule has 4 aliphatic rings. The number of carbonyl (C=O) groups excluding carboxylic acids is 2. The Kier molecular flexibility index (Phi) is 4.84. The van der Waals surface area contributed by atoms with Crippen molar-refractivity contribution in [3.8, 4) is 0 Å². The number of Topliss-reactive ketones (excluding diaryl/α,β-unsaturated/α-hetero) is 1.